The summed E-state index contributed by atoms with van der Waals surface area (Å²) in [6, 6.07) is 11.0. The molecule has 0 saturated carbocycles. The Balaban J connectivity index is 0.00000162. The molecule has 6 heteroatoms. The standard InChI is InChI=1S/C12H14N2O2S.ClH/c1-14(2)11-8-7-9-5-3-4-6-10(9)12(11)17(13,15)16;/h3-8H,1-2H3,(H2,13,15,16);1H. The van der Waals surface area contributed by atoms with Crippen LogP contribution in [0.25, 0.3) is 10.8 Å². The van der Waals surface area contributed by atoms with Gasteiger partial charge in [0.25, 0.3) is 0 Å². The molecule has 18 heavy (non-hydrogen) atoms. The third kappa shape index (κ3) is 2.58. The Morgan fingerprint density at radius 3 is 2.22 bits per heavy atom. The summed E-state index contributed by atoms with van der Waals surface area (Å²) >= 11 is 0. The van der Waals surface area contributed by atoms with E-state index < -0.39 is 10.0 Å². The molecular formula is C12H15ClN2O2S. The lowest BCUT2D eigenvalue weighted by molar-refractivity contribution is 0.598. The van der Waals surface area contributed by atoms with Gasteiger partial charge in [-0.1, -0.05) is 30.3 Å². The average Bonchev–Trinajstić information content (AvgIpc) is 2.26. The van der Waals surface area contributed by atoms with Gasteiger partial charge >= 0.3 is 0 Å². The molecule has 0 aliphatic rings. The maximum atomic E-state index is 11.7. The predicted octanol–water partition coefficient (Wildman–Crippen LogP) is 1.98. The Morgan fingerprint density at radius 1 is 1.06 bits per heavy atom. The molecule has 0 spiro atoms. The molecule has 0 atom stereocenters. The summed E-state index contributed by atoms with van der Waals surface area (Å²) in [5.41, 5.74) is 0.603. The monoisotopic (exact) mass is 286 g/mol. The number of primary sulfonamides is 1. The first-order valence-electron chi connectivity index (χ1n) is 5.13. The summed E-state index contributed by atoms with van der Waals surface area (Å²) < 4.78 is 23.4. The highest BCUT2D eigenvalue weighted by Gasteiger charge is 2.18. The summed E-state index contributed by atoms with van der Waals surface area (Å²) in [5, 5.41) is 6.82. The molecule has 2 rings (SSSR count). The molecule has 2 aromatic carbocycles. The average molecular weight is 287 g/mol. The van der Waals surface area contributed by atoms with E-state index in [0.717, 1.165) is 5.39 Å². The molecule has 0 unspecified atom stereocenters. The highest BCUT2D eigenvalue weighted by atomic mass is 35.5. The van der Waals surface area contributed by atoms with Crippen LogP contribution in [-0.4, -0.2) is 22.5 Å². The Morgan fingerprint density at radius 2 is 1.67 bits per heavy atom. The summed E-state index contributed by atoms with van der Waals surface area (Å²) in [5.74, 6) is 0. The molecular weight excluding hydrogens is 272 g/mol. The van der Waals surface area contributed by atoms with Crippen molar-refractivity contribution < 1.29 is 8.42 Å². The molecule has 0 saturated heterocycles. The number of anilines is 1. The molecule has 0 bridgehead atoms. The lowest BCUT2D eigenvalue weighted by Gasteiger charge is -2.18. The minimum atomic E-state index is -3.75. The van der Waals surface area contributed by atoms with E-state index in [0.29, 0.717) is 11.1 Å². The zero-order valence-corrected chi connectivity index (χ0v) is 11.8. The van der Waals surface area contributed by atoms with Gasteiger partial charge < -0.3 is 4.90 Å². The Kier molecular flexibility index (Phi) is 4.21. The Hall–Kier alpha value is -1.30. The van der Waals surface area contributed by atoms with Crippen molar-refractivity contribution in [1.29, 1.82) is 0 Å². The van der Waals surface area contributed by atoms with Crippen LogP contribution in [0.5, 0.6) is 0 Å². The molecule has 4 nitrogen and oxygen atoms in total. The van der Waals surface area contributed by atoms with Crippen LogP contribution in [-0.2, 0) is 10.0 Å². The van der Waals surface area contributed by atoms with Crippen molar-refractivity contribution in [2.45, 2.75) is 4.90 Å². The molecule has 0 heterocycles. The lowest BCUT2D eigenvalue weighted by Crippen LogP contribution is -2.19. The number of hydrogen-bond donors (Lipinski definition) is 1. The smallest absolute Gasteiger partial charge is 0.240 e. The van der Waals surface area contributed by atoms with Gasteiger partial charge in [-0.2, -0.15) is 0 Å². The van der Waals surface area contributed by atoms with Gasteiger partial charge in [-0.3, -0.25) is 0 Å². The number of halogens is 1. The minimum Gasteiger partial charge on any atom is -0.377 e. The van der Waals surface area contributed by atoms with Gasteiger partial charge in [0, 0.05) is 19.5 Å². The minimum absolute atomic E-state index is 0. The van der Waals surface area contributed by atoms with Gasteiger partial charge in [0.1, 0.15) is 4.90 Å². The van der Waals surface area contributed by atoms with E-state index >= 15 is 0 Å². The molecule has 0 radical (unpaired) electrons. The zero-order valence-electron chi connectivity index (χ0n) is 10.1. The van der Waals surface area contributed by atoms with Gasteiger partial charge in [-0.25, -0.2) is 13.6 Å². The Bertz CT molecular complexity index is 669. The molecule has 0 aliphatic heterocycles. The van der Waals surface area contributed by atoms with Crippen molar-refractivity contribution in [3.63, 3.8) is 0 Å². The van der Waals surface area contributed by atoms with E-state index in [4.69, 9.17) is 5.14 Å². The van der Waals surface area contributed by atoms with Crippen LogP contribution in [0.2, 0.25) is 0 Å². The second-order valence-corrected chi connectivity index (χ2v) is 5.57. The van der Waals surface area contributed by atoms with Crippen molar-refractivity contribution in [1.82, 2.24) is 0 Å². The first kappa shape index (κ1) is 14.8. The van der Waals surface area contributed by atoms with Crippen LogP contribution >= 0.6 is 12.4 Å². The maximum absolute atomic E-state index is 11.7. The van der Waals surface area contributed by atoms with E-state index in [2.05, 4.69) is 0 Å². The van der Waals surface area contributed by atoms with Crippen molar-refractivity contribution >= 4 is 38.9 Å². The summed E-state index contributed by atoms with van der Waals surface area (Å²) in [6.45, 7) is 0. The number of sulfonamides is 1. The molecule has 0 aliphatic carbocycles. The summed E-state index contributed by atoms with van der Waals surface area (Å²) in [6.07, 6.45) is 0. The number of hydrogen-bond acceptors (Lipinski definition) is 3. The summed E-state index contributed by atoms with van der Waals surface area (Å²) in [7, 11) is -0.166. The van der Waals surface area contributed by atoms with E-state index in [1.807, 2.05) is 18.2 Å². The molecule has 2 N–H and O–H groups in total. The molecule has 98 valence electrons. The fraction of sp³-hybridized carbons (Fsp3) is 0.167. The van der Waals surface area contributed by atoms with Crippen molar-refractivity contribution in [2.75, 3.05) is 19.0 Å². The van der Waals surface area contributed by atoms with Crippen LogP contribution < -0.4 is 10.0 Å². The predicted molar refractivity (Wildman–Crippen MR) is 76.9 cm³/mol. The fourth-order valence-electron chi connectivity index (χ4n) is 1.88. The van der Waals surface area contributed by atoms with Crippen LogP contribution in [0.15, 0.2) is 41.3 Å². The SMILES string of the molecule is CN(C)c1ccc2ccccc2c1S(N)(=O)=O.Cl. The number of nitrogens with zero attached hydrogens (tertiary/aromatic N) is 1. The zero-order chi connectivity index (χ0) is 12.6. The Labute approximate surface area is 113 Å². The van der Waals surface area contributed by atoms with Crippen LogP contribution in [0.1, 0.15) is 0 Å². The van der Waals surface area contributed by atoms with Gasteiger partial charge in [-0.15, -0.1) is 12.4 Å². The van der Waals surface area contributed by atoms with Crippen molar-refractivity contribution in [2.24, 2.45) is 5.14 Å². The van der Waals surface area contributed by atoms with Crippen molar-refractivity contribution in [3.05, 3.63) is 36.4 Å². The first-order chi connectivity index (χ1) is 7.91. The van der Waals surface area contributed by atoms with Crippen molar-refractivity contribution in [3.8, 4) is 0 Å². The number of benzene rings is 2. The highest BCUT2D eigenvalue weighted by molar-refractivity contribution is 7.89. The van der Waals surface area contributed by atoms with E-state index in [9.17, 15) is 8.42 Å². The van der Waals surface area contributed by atoms with Gasteiger partial charge in [0.15, 0.2) is 0 Å². The third-order valence-corrected chi connectivity index (χ3v) is 3.62. The second-order valence-electron chi connectivity index (χ2n) is 4.07. The quantitative estimate of drug-likeness (QED) is 0.918. The third-order valence-electron chi connectivity index (χ3n) is 2.63. The topological polar surface area (TPSA) is 63.4 Å². The second kappa shape index (κ2) is 5.14. The summed E-state index contributed by atoms with van der Waals surface area (Å²) in [4.78, 5) is 1.92. The lowest BCUT2D eigenvalue weighted by atomic mass is 10.1. The molecule has 0 amide bonds. The number of rotatable bonds is 2. The molecule has 0 aromatic heterocycles. The van der Waals surface area contributed by atoms with E-state index in [-0.39, 0.29) is 17.3 Å². The largest absolute Gasteiger partial charge is 0.377 e. The first-order valence-corrected chi connectivity index (χ1v) is 6.68. The molecule has 0 fully saturated rings. The van der Waals surface area contributed by atoms with E-state index in [1.165, 1.54) is 0 Å². The fourth-order valence-corrected chi connectivity index (χ4v) is 2.92. The normalized spacial score (nSPS) is 11.1. The van der Waals surface area contributed by atoms with Crippen LogP contribution in [0.3, 0.4) is 0 Å². The van der Waals surface area contributed by atoms with Gasteiger partial charge in [0.2, 0.25) is 10.0 Å². The number of nitrogens with two attached hydrogens (primary N) is 1. The number of fused-ring (bicyclic) bond motifs is 1. The highest BCUT2D eigenvalue weighted by Crippen LogP contribution is 2.30. The van der Waals surface area contributed by atoms with Crippen LogP contribution in [0, 0.1) is 0 Å². The maximum Gasteiger partial charge on any atom is 0.240 e. The van der Waals surface area contributed by atoms with E-state index in [1.54, 1.807) is 37.2 Å². The van der Waals surface area contributed by atoms with Gasteiger partial charge in [0.05, 0.1) is 5.69 Å². The van der Waals surface area contributed by atoms with Crippen LogP contribution in [0.4, 0.5) is 5.69 Å². The van der Waals surface area contributed by atoms with Gasteiger partial charge in [-0.05, 0) is 11.5 Å². The molecule has 2 aromatic rings.